The Labute approximate surface area is 140 Å². The summed E-state index contributed by atoms with van der Waals surface area (Å²) in [5.74, 6) is 0.126. The van der Waals surface area contributed by atoms with Crippen LogP contribution in [0.1, 0.15) is 39.2 Å². The molecule has 2 aliphatic carbocycles. The highest BCUT2D eigenvalue weighted by Gasteiger charge is 2.76. The molecule has 1 aromatic carbocycles. The molecule has 1 amide bonds. The van der Waals surface area contributed by atoms with E-state index in [2.05, 4.69) is 35.1 Å². The third-order valence-corrected chi connectivity index (χ3v) is 7.63. The van der Waals surface area contributed by atoms with E-state index in [4.69, 9.17) is 0 Å². The van der Waals surface area contributed by atoms with Crippen molar-refractivity contribution in [3.63, 3.8) is 0 Å². The molecule has 4 heteroatoms. The molecule has 0 heterocycles. The van der Waals surface area contributed by atoms with E-state index in [0.29, 0.717) is 0 Å². The zero-order chi connectivity index (χ0) is 16.3. The monoisotopic (exact) mass is 363 g/mol. The fourth-order valence-corrected chi connectivity index (χ4v) is 5.85. The van der Waals surface area contributed by atoms with E-state index in [0.717, 1.165) is 24.1 Å². The van der Waals surface area contributed by atoms with Crippen molar-refractivity contribution in [1.82, 2.24) is 0 Å². The molecule has 0 aromatic heterocycles. The lowest BCUT2D eigenvalue weighted by Gasteiger charge is -2.39. The Morgan fingerprint density at radius 2 is 1.77 bits per heavy atom. The quantitative estimate of drug-likeness (QED) is 0.804. The largest absolute Gasteiger partial charge is 0.326 e. The molecular formula is C18H22BrNO2. The standard InChI is InChI=1S/C18H22BrNO2/c1-11-5-7-12(8-6-11)20-15(22)18-10-9-17(4,16(18,2)3)14(21)13(18)19/h5-8,13H,9-10H2,1-4H3,(H,20,22)/t13-,17+,18-/m1/s1. The van der Waals surface area contributed by atoms with E-state index in [-0.39, 0.29) is 17.1 Å². The Hall–Kier alpha value is -1.16. The van der Waals surface area contributed by atoms with Gasteiger partial charge in [-0.2, -0.15) is 0 Å². The molecule has 118 valence electrons. The van der Waals surface area contributed by atoms with E-state index in [1.54, 1.807) is 0 Å². The first-order valence-corrected chi connectivity index (χ1v) is 8.65. The molecule has 2 aliphatic rings. The van der Waals surface area contributed by atoms with E-state index in [1.165, 1.54) is 0 Å². The number of carbonyl (C=O) groups excluding carboxylic acids is 2. The number of alkyl halides is 1. The molecule has 0 aliphatic heterocycles. The average molecular weight is 364 g/mol. The summed E-state index contributed by atoms with van der Waals surface area (Å²) in [6, 6.07) is 7.77. The van der Waals surface area contributed by atoms with Gasteiger partial charge in [0.2, 0.25) is 5.91 Å². The molecule has 3 nitrogen and oxygen atoms in total. The Morgan fingerprint density at radius 3 is 2.27 bits per heavy atom. The number of carbonyl (C=O) groups is 2. The lowest BCUT2D eigenvalue weighted by atomic mass is 9.64. The predicted octanol–water partition coefficient (Wildman–Crippen LogP) is 4.09. The SMILES string of the molecule is Cc1ccc(NC(=O)[C@@]23CC[C@@](C)(C(=O)[C@H]2Br)C3(C)C)cc1. The molecule has 0 unspecified atom stereocenters. The van der Waals surface area contributed by atoms with Gasteiger partial charge in [0, 0.05) is 11.1 Å². The van der Waals surface area contributed by atoms with Gasteiger partial charge in [0.25, 0.3) is 0 Å². The molecule has 2 fully saturated rings. The van der Waals surface area contributed by atoms with Crippen molar-refractivity contribution < 1.29 is 9.59 Å². The van der Waals surface area contributed by atoms with Crippen LogP contribution in [-0.2, 0) is 9.59 Å². The first-order chi connectivity index (χ1) is 10.2. The number of benzene rings is 1. The Morgan fingerprint density at radius 1 is 1.18 bits per heavy atom. The fraction of sp³-hybridized carbons (Fsp3) is 0.556. The molecule has 1 aromatic rings. The number of fused-ring (bicyclic) bond motifs is 2. The first kappa shape index (κ1) is 15.7. The van der Waals surface area contributed by atoms with E-state index in [9.17, 15) is 9.59 Å². The highest BCUT2D eigenvalue weighted by Crippen LogP contribution is 2.72. The molecule has 3 atom stereocenters. The summed E-state index contributed by atoms with van der Waals surface area (Å²) < 4.78 is 0. The maximum Gasteiger partial charge on any atom is 0.232 e. The number of Topliss-reactive ketones (excluding diaryl/α,β-unsaturated/α-hetero) is 1. The van der Waals surface area contributed by atoms with Crippen LogP contribution in [-0.4, -0.2) is 16.5 Å². The summed E-state index contributed by atoms with van der Waals surface area (Å²) in [5.41, 5.74) is 0.475. The van der Waals surface area contributed by atoms with E-state index in [1.807, 2.05) is 38.1 Å². The molecule has 0 radical (unpaired) electrons. The van der Waals surface area contributed by atoms with Gasteiger partial charge in [-0.15, -0.1) is 0 Å². The summed E-state index contributed by atoms with van der Waals surface area (Å²) in [7, 11) is 0. The first-order valence-electron chi connectivity index (χ1n) is 7.73. The minimum absolute atomic E-state index is 0.0437. The molecule has 0 saturated heterocycles. The van der Waals surface area contributed by atoms with Gasteiger partial charge in [-0.1, -0.05) is 54.4 Å². The zero-order valence-electron chi connectivity index (χ0n) is 13.5. The van der Waals surface area contributed by atoms with Crippen LogP contribution in [0.15, 0.2) is 24.3 Å². The molecule has 1 N–H and O–H groups in total. The van der Waals surface area contributed by atoms with Crippen LogP contribution >= 0.6 is 15.9 Å². The van der Waals surface area contributed by atoms with Crippen molar-refractivity contribution in [3.8, 4) is 0 Å². The van der Waals surface area contributed by atoms with Crippen LogP contribution in [0.2, 0.25) is 0 Å². The smallest absolute Gasteiger partial charge is 0.232 e. The third kappa shape index (κ3) is 1.67. The maximum absolute atomic E-state index is 13.1. The number of anilines is 1. The third-order valence-electron chi connectivity index (χ3n) is 6.44. The molecule has 2 bridgehead atoms. The van der Waals surface area contributed by atoms with Crippen molar-refractivity contribution in [2.24, 2.45) is 16.2 Å². The van der Waals surface area contributed by atoms with Gasteiger partial charge in [-0.05, 0) is 37.3 Å². The highest BCUT2D eigenvalue weighted by atomic mass is 79.9. The number of rotatable bonds is 2. The normalized spacial score (nSPS) is 35.7. The van der Waals surface area contributed by atoms with Crippen molar-refractivity contribution in [1.29, 1.82) is 0 Å². The summed E-state index contributed by atoms with van der Waals surface area (Å²) in [6.45, 7) is 8.15. The topological polar surface area (TPSA) is 46.2 Å². The molecule has 2 saturated carbocycles. The number of ketones is 1. The fourth-order valence-electron chi connectivity index (χ4n) is 4.33. The maximum atomic E-state index is 13.1. The molecule has 22 heavy (non-hydrogen) atoms. The number of amides is 1. The average Bonchev–Trinajstić information content (AvgIpc) is 2.74. The van der Waals surface area contributed by atoms with Crippen LogP contribution in [0.5, 0.6) is 0 Å². The number of hydrogen-bond donors (Lipinski definition) is 1. The van der Waals surface area contributed by atoms with Crippen molar-refractivity contribution in [2.45, 2.75) is 45.4 Å². The lowest BCUT2D eigenvalue weighted by Crippen LogP contribution is -2.47. The Bertz CT molecular complexity index is 652. The van der Waals surface area contributed by atoms with Gasteiger partial charge in [0.1, 0.15) is 0 Å². The van der Waals surface area contributed by atoms with E-state index < -0.39 is 15.7 Å². The van der Waals surface area contributed by atoms with Crippen LogP contribution in [0, 0.1) is 23.2 Å². The zero-order valence-corrected chi connectivity index (χ0v) is 15.1. The number of nitrogens with one attached hydrogen (secondary N) is 1. The van der Waals surface area contributed by atoms with Gasteiger partial charge in [-0.25, -0.2) is 0 Å². The van der Waals surface area contributed by atoms with Crippen molar-refractivity contribution in [2.75, 3.05) is 5.32 Å². The van der Waals surface area contributed by atoms with Crippen molar-refractivity contribution in [3.05, 3.63) is 29.8 Å². The van der Waals surface area contributed by atoms with E-state index >= 15 is 0 Å². The van der Waals surface area contributed by atoms with Crippen molar-refractivity contribution >= 4 is 33.3 Å². The molecular weight excluding hydrogens is 342 g/mol. The minimum atomic E-state index is -0.677. The summed E-state index contributed by atoms with van der Waals surface area (Å²) in [6.07, 6.45) is 1.53. The minimum Gasteiger partial charge on any atom is -0.326 e. The predicted molar refractivity (Wildman–Crippen MR) is 91.1 cm³/mol. The number of halogens is 1. The van der Waals surface area contributed by atoms with Gasteiger partial charge in [0.05, 0.1) is 10.2 Å². The van der Waals surface area contributed by atoms with Crippen LogP contribution in [0.25, 0.3) is 0 Å². The second-order valence-corrected chi connectivity index (χ2v) is 8.39. The van der Waals surface area contributed by atoms with Gasteiger partial charge in [-0.3, -0.25) is 9.59 Å². The second-order valence-electron chi connectivity index (χ2n) is 7.48. The van der Waals surface area contributed by atoms with Gasteiger partial charge in [0.15, 0.2) is 5.78 Å². The Balaban J connectivity index is 1.97. The lowest BCUT2D eigenvalue weighted by molar-refractivity contribution is -0.130. The summed E-state index contributed by atoms with van der Waals surface area (Å²) in [4.78, 5) is 25.4. The summed E-state index contributed by atoms with van der Waals surface area (Å²) >= 11 is 3.54. The number of aryl methyl sites for hydroxylation is 1. The van der Waals surface area contributed by atoms with Crippen LogP contribution < -0.4 is 5.32 Å². The highest BCUT2D eigenvalue weighted by molar-refractivity contribution is 9.10. The van der Waals surface area contributed by atoms with Gasteiger partial charge < -0.3 is 5.32 Å². The number of hydrogen-bond acceptors (Lipinski definition) is 2. The molecule has 3 rings (SSSR count). The molecule has 0 spiro atoms. The van der Waals surface area contributed by atoms with Crippen LogP contribution in [0.3, 0.4) is 0 Å². The second kappa shape index (κ2) is 4.67. The van der Waals surface area contributed by atoms with Gasteiger partial charge >= 0.3 is 0 Å². The summed E-state index contributed by atoms with van der Waals surface area (Å²) in [5, 5.41) is 3.03. The van der Waals surface area contributed by atoms with Crippen LogP contribution in [0.4, 0.5) is 5.69 Å². The Kier molecular flexibility index (Phi) is 3.34.